The fraction of sp³-hybridized carbons (Fsp3) is 0.156. The number of rotatable bonds is 6. The van der Waals surface area contributed by atoms with E-state index in [0.717, 1.165) is 80.6 Å². The van der Waals surface area contributed by atoms with E-state index in [9.17, 15) is 0 Å². The standard InChI is InChI=1S/C77H58N4/c1-75(2)62-22-10-7-18-54(62)56-38-36-50(43-66(56)75)52-41-60(51-37-39-57-55-19-8-11-23-63(55)76(3,4)67(57)44-51)72-61(42-52)71(47-30-28-46(29-31-47)70-59-21-6-5-17-53(59)58-20-9-13-26-68(58)78-70)79-74(80-72)49-34-32-48(33-35-49)73-65-25-15-16-40-77(65)45-81(73)69-27-14-12-24-64(69)77/h5,7-20,22-44,64,69H,6,21,45H2,1-4H3. The topological polar surface area (TPSA) is 41.9 Å². The third-order valence-corrected chi connectivity index (χ3v) is 19.6. The van der Waals surface area contributed by atoms with Gasteiger partial charge in [-0.2, -0.15) is 0 Å². The molecule has 7 aliphatic rings. The van der Waals surface area contributed by atoms with E-state index in [1.165, 1.54) is 83.4 Å². The van der Waals surface area contributed by atoms with Gasteiger partial charge in [-0.15, -0.1) is 0 Å². The second-order valence-corrected chi connectivity index (χ2v) is 24.6. The van der Waals surface area contributed by atoms with Crippen molar-refractivity contribution < 1.29 is 0 Å². The van der Waals surface area contributed by atoms with Crippen molar-refractivity contribution in [3.63, 3.8) is 0 Å². The molecule has 5 aliphatic carbocycles. The zero-order valence-corrected chi connectivity index (χ0v) is 46.0. The van der Waals surface area contributed by atoms with Gasteiger partial charge in [0.15, 0.2) is 5.82 Å². The highest BCUT2D eigenvalue weighted by Crippen LogP contribution is 2.61. The van der Waals surface area contributed by atoms with Gasteiger partial charge in [0.25, 0.3) is 0 Å². The quantitative estimate of drug-likeness (QED) is 0.166. The molecule has 0 saturated carbocycles. The monoisotopic (exact) mass is 1040 g/mol. The average molecular weight is 1040 g/mol. The lowest BCUT2D eigenvalue weighted by atomic mass is 9.66. The van der Waals surface area contributed by atoms with Crippen molar-refractivity contribution in [3.05, 3.63) is 269 Å². The molecule has 0 amide bonds. The van der Waals surface area contributed by atoms with Crippen molar-refractivity contribution in [2.75, 3.05) is 6.54 Å². The molecule has 8 aromatic carbocycles. The molecule has 2 aliphatic heterocycles. The van der Waals surface area contributed by atoms with Gasteiger partial charge >= 0.3 is 0 Å². The van der Waals surface area contributed by atoms with Crippen molar-refractivity contribution in [2.45, 2.75) is 57.4 Å². The number of benzene rings is 8. The summed E-state index contributed by atoms with van der Waals surface area (Å²) in [7, 11) is 0. The molecule has 4 heteroatoms. The number of nitrogens with zero attached hydrogens (tertiary/aromatic N) is 4. The maximum Gasteiger partial charge on any atom is 0.160 e. The molecule has 1 fully saturated rings. The van der Waals surface area contributed by atoms with E-state index in [1.807, 2.05) is 0 Å². The summed E-state index contributed by atoms with van der Waals surface area (Å²) in [5.41, 5.74) is 28.5. The van der Waals surface area contributed by atoms with Crippen LogP contribution in [0.15, 0.2) is 230 Å². The Morgan fingerprint density at radius 2 is 1.10 bits per heavy atom. The van der Waals surface area contributed by atoms with E-state index in [1.54, 1.807) is 0 Å². The van der Waals surface area contributed by atoms with Gasteiger partial charge < -0.3 is 4.90 Å². The van der Waals surface area contributed by atoms with Crippen molar-refractivity contribution in [1.82, 2.24) is 19.9 Å². The SMILES string of the molecule is CC1(C)c2ccccc2-c2ccc(-c3cc(-c4ccc5c(c4)C(C)(C)c4ccccc4-5)c4nc(-c5ccc(C6=C7C=CC=CC78CN6C6C=CC=CC68)cc5)nc(-c5ccc(-c6nc7ccccc7c7c6CCC=C7)cc5)c4c3)cc21. The average Bonchev–Trinajstić information content (AvgIpc) is 4.37. The van der Waals surface area contributed by atoms with Gasteiger partial charge in [0, 0.05) is 67.4 Å². The smallest absolute Gasteiger partial charge is 0.160 e. The van der Waals surface area contributed by atoms with Crippen molar-refractivity contribution >= 4 is 33.6 Å². The van der Waals surface area contributed by atoms with E-state index in [2.05, 4.69) is 263 Å². The Balaban J connectivity index is 0.878. The number of hydrogen-bond acceptors (Lipinski definition) is 4. The molecule has 3 atom stereocenters. The molecule has 1 spiro atoms. The Morgan fingerprint density at radius 1 is 0.469 bits per heavy atom. The van der Waals surface area contributed by atoms with Gasteiger partial charge in [0.05, 0.1) is 28.5 Å². The number of allylic oxidation sites excluding steroid dienone is 6. The predicted octanol–water partition coefficient (Wildman–Crippen LogP) is 18.3. The highest BCUT2D eigenvalue weighted by Gasteiger charge is 2.58. The van der Waals surface area contributed by atoms with Crippen LogP contribution in [-0.4, -0.2) is 32.4 Å². The van der Waals surface area contributed by atoms with Crippen LogP contribution in [0.25, 0.3) is 112 Å². The number of hydrogen-bond donors (Lipinski definition) is 0. The van der Waals surface area contributed by atoms with E-state index in [0.29, 0.717) is 17.8 Å². The lowest BCUT2D eigenvalue weighted by Gasteiger charge is -2.39. The number of pyridine rings is 1. The Hall–Kier alpha value is -9.25. The van der Waals surface area contributed by atoms with Crippen LogP contribution in [-0.2, 0) is 17.3 Å². The van der Waals surface area contributed by atoms with E-state index in [-0.39, 0.29) is 16.2 Å². The van der Waals surface area contributed by atoms with Gasteiger partial charge in [-0.05, 0) is 127 Å². The second-order valence-electron chi connectivity index (χ2n) is 24.6. The Labute approximate surface area is 473 Å². The lowest BCUT2D eigenvalue weighted by molar-refractivity contribution is 0.378. The number of fused-ring (bicyclic) bond motifs is 13. The first-order valence-electron chi connectivity index (χ1n) is 29.0. The Morgan fingerprint density at radius 3 is 1.86 bits per heavy atom. The third kappa shape index (κ3) is 6.62. The molecular weight excluding hydrogens is 981 g/mol. The van der Waals surface area contributed by atoms with Crippen LogP contribution in [0.2, 0.25) is 0 Å². The molecule has 17 rings (SSSR count). The second kappa shape index (κ2) is 16.9. The van der Waals surface area contributed by atoms with Gasteiger partial charge in [-0.1, -0.05) is 228 Å². The maximum absolute atomic E-state index is 5.76. The number of para-hydroxylation sites is 1. The minimum Gasteiger partial charge on any atom is -0.362 e. The molecule has 2 bridgehead atoms. The van der Waals surface area contributed by atoms with Crippen molar-refractivity contribution in [3.8, 4) is 78.4 Å². The van der Waals surface area contributed by atoms with Crippen LogP contribution in [0.4, 0.5) is 0 Å². The molecule has 10 aromatic rings. The summed E-state index contributed by atoms with van der Waals surface area (Å²) in [6, 6.07) is 64.0. The summed E-state index contributed by atoms with van der Waals surface area (Å²) in [4.78, 5) is 19.5. The van der Waals surface area contributed by atoms with E-state index >= 15 is 0 Å². The molecule has 81 heavy (non-hydrogen) atoms. The summed E-state index contributed by atoms with van der Waals surface area (Å²) < 4.78 is 0. The molecule has 386 valence electrons. The fourth-order valence-corrected chi connectivity index (χ4v) is 15.6. The van der Waals surface area contributed by atoms with Crippen LogP contribution >= 0.6 is 0 Å². The van der Waals surface area contributed by atoms with Crippen LogP contribution in [0.5, 0.6) is 0 Å². The van der Waals surface area contributed by atoms with Crippen molar-refractivity contribution in [2.24, 2.45) is 11.3 Å². The minimum absolute atomic E-state index is 0.0207. The molecule has 4 nitrogen and oxygen atoms in total. The normalized spacial score (nSPS) is 20.4. The largest absolute Gasteiger partial charge is 0.362 e. The molecular formula is C77H58N4. The van der Waals surface area contributed by atoms with Crippen LogP contribution in [0.3, 0.4) is 0 Å². The molecule has 3 unspecified atom stereocenters. The first-order chi connectivity index (χ1) is 39.6. The Kier molecular flexibility index (Phi) is 9.73. The van der Waals surface area contributed by atoms with Gasteiger partial charge in [-0.25, -0.2) is 15.0 Å². The summed E-state index contributed by atoms with van der Waals surface area (Å²) in [5.74, 6) is 1.13. The van der Waals surface area contributed by atoms with Crippen LogP contribution < -0.4 is 0 Å². The minimum atomic E-state index is -0.180. The predicted molar refractivity (Wildman–Crippen MR) is 334 cm³/mol. The first-order valence-corrected chi connectivity index (χ1v) is 29.0. The summed E-state index contributed by atoms with van der Waals surface area (Å²) >= 11 is 0. The Bertz CT molecular complexity index is 4610. The van der Waals surface area contributed by atoms with Crippen molar-refractivity contribution in [1.29, 1.82) is 0 Å². The zero-order valence-electron chi connectivity index (χ0n) is 46.0. The summed E-state index contributed by atoms with van der Waals surface area (Å²) in [6.07, 6.45) is 25.1. The highest BCUT2D eigenvalue weighted by molar-refractivity contribution is 6.05. The molecule has 1 saturated heterocycles. The fourth-order valence-electron chi connectivity index (χ4n) is 15.6. The third-order valence-electron chi connectivity index (χ3n) is 19.6. The molecule has 2 aromatic heterocycles. The zero-order chi connectivity index (χ0) is 53.9. The summed E-state index contributed by atoms with van der Waals surface area (Å²) in [5, 5.41) is 2.22. The van der Waals surface area contributed by atoms with Crippen LogP contribution in [0, 0.1) is 11.3 Å². The van der Waals surface area contributed by atoms with Gasteiger partial charge in [-0.3, -0.25) is 0 Å². The van der Waals surface area contributed by atoms with Gasteiger partial charge in [0.2, 0.25) is 0 Å². The lowest BCUT2D eigenvalue weighted by Crippen LogP contribution is -2.36. The van der Waals surface area contributed by atoms with E-state index < -0.39 is 0 Å². The first kappa shape index (κ1) is 46.6. The number of aromatic nitrogens is 3. The maximum atomic E-state index is 5.76. The van der Waals surface area contributed by atoms with E-state index in [4.69, 9.17) is 15.0 Å². The molecule has 0 N–H and O–H groups in total. The highest BCUT2D eigenvalue weighted by atomic mass is 15.2. The van der Waals surface area contributed by atoms with Crippen LogP contribution in [0.1, 0.15) is 73.1 Å². The van der Waals surface area contributed by atoms with Gasteiger partial charge in [0.1, 0.15) is 0 Å². The molecule has 4 heterocycles. The summed E-state index contributed by atoms with van der Waals surface area (Å²) in [6.45, 7) is 10.5. The molecule has 0 radical (unpaired) electrons.